The molecule has 1 aromatic carbocycles. The number of amides is 1. The number of halogens is 2. The topological polar surface area (TPSA) is 84.1 Å². The average molecular weight is 490 g/mol. The van der Waals surface area contributed by atoms with Crippen molar-refractivity contribution in [2.24, 2.45) is 0 Å². The molecule has 1 unspecified atom stereocenters. The Bertz CT molecular complexity index is 1090. The zero-order valence-electron chi connectivity index (χ0n) is 15.8. The van der Waals surface area contributed by atoms with Crippen molar-refractivity contribution in [1.29, 1.82) is 0 Å². The van der Waals surface area contributed by atoms with E-state index in [1.807, 2.05) is 13.0 Å². The number of furan rings is 2. The normalized spacial score (nSPS) is 12.1. The fourth-order valence-corrected chi connectivity index (χ4v) is 4.10. The lowest BCUT2D eigenvalue weighted by Gasteiger charge is -2.14. The fraction of sp³-hybridized carbons (Fsp3) is 0.143. The highest BCUT2D eigenvalue weighted by Crippen LogP contribution is 2.35. The molecule has 0 radical (unpaired) electrons. The number of aromatic amines is 1. The SMILES string of the molecule is CCC(Sc1nc(-c2ccco2)c(-c2ccco2)[nH]1)C(=O)Nc1ccc(Br)cc1F. The Morgan fingerprint density at radius 2 is 1.97 bits per heavy atom. The summed E-state index contributed by atoms with van der Waals surface area (Å²) in [6.07, 6.45) is 3.67. The van der Waals surface area contributed by atoms with E-state index in [2.05, 4.69) is 31.2 Å². The largest absolute Gasteiger partial charge is 0.463 e. The van der Waals surface area contributed by atoms with E-state index in [0.717, 1.165) is 0 Å². The molecule has 154 valence electrons. The molecule has 0 aliphatic rings. The molecule has 9 heteroatoms. The molecule has 1 amide bonds. The smallest absolute Gasteiger partial charge is 0.238 e. The Kier molecular flexibility index (Phi) is 6.10. The van der Waals surface area contributed by atoms with Gasteiger partial charge in [-0.05, 0) is 48.9 Å². The summed E-state index contributed by atoms with van der Waals surface area (Å²) >= 11 is 4.47. The van der Waals surface area contributed by atoms with Crippen LogP contribution >= 0.6 is 27.7 Å². The van der Waals surface area contributed by atoms with Gasteiger partial charge in [-0.25, -0.2) is 9.37 Å². The summed E-state index contributed by atoms with van der Waals surface area (Å²) in [7, 11) is 0. The number of nitrogens with zero attached hydrogens (tertiary/aromatic N) is 1. The number of rotatable bonds is 7. The number of aromatic nitrogens is 2. The van der Waals surface area contributed by atoms with Gasteiger partial charge in [0.05, 0.1) is 23.5 Å². The summed E-state index contributed by atoms with van der Waals surface area (Å²) in [4.78, 5) is 20.6. The number of anilines is 1. The summed E-state index contributed by atoms with van der Waals surface area (Å²) in [5, 5.41) is 2.71. The minimum absolute atomic E-state index is 0.134. The molecule has 0 fully saturated rings. The van der Waals surface area contributed by atoms with Crippen LogP contribution in [0.2, 0.25) is 0 Å². The molecule has 4 rings (SSSR count). The van der Waals surface area contributed by atoms with Gasteiger partial charge in [-0.3, -0.25) is 4.79 Å². The Balaban J connectivity index is 1.57. The lowest BCUT2D eigenvalue weighted by atomic mass is 10.2. The van der Waals surface area contributed by atoms with E-state index in [4.69, 9.17) is 8.83 Å². The molecule has 0 aliphatic carbocycles. The van der Waals surface area contributed by atoms with Crippen molar-refractivity contribution < 1.29 is 18.0 Å². The van der Waals surface area contributed by atoms with E-state index in [1.165, 1.54) is 23.9 Å². The molecule has 3 heterocycles. The highest BCUT2D eigenvalue weighted by atomic mass is 79.9. The number of hydrogen-bond acceptors (Lipinski definition) is 5. The highest BCUT2D eigenvalue weighted by molar-refractivity contribution is 9.10. The van der Waals surface area contributed by atoms with Crippen molar-refractivity contribution in [3.63, 3.8) is 0 Å². The van der Waals surface area contributed by atoms with E-state index in [0.29, 0.717) is 39.0 Å². The van der Waals surface area contributed by atoms with Crippen LogP contribution in [-0.4, -0.2) is 21.1 Å². The van der Waals surface area contributed by atoms with Gasteiger partial charge in [0.2, 0.25) is 5.91 Å². The van der Waals surface area contributed by atoms with Crippen LogP contribution in [0.1, 0.15) is 13.3 Å². The summed E-state index contributed by atoms with van der Waals surface area (Å²) in [5.74, 6) is 0.379. The molecule has 0 saturated heterocycles. The number of H-pyrrole nitrogens is 1. The van der Waals surface area contributed by atoms with Crippen LogP contribution in [0.4, 0.5) is 10.1 Å². The van der Waals surface area contributed by atoms with Crippen LogP contribution in [0.3, 0.4) is 0 Å². The van der Waals surface area contributed by atoms with Crippen molar-refractivity contribution in [1.82, 2.24) is 9.97 Å². The van der Waals surface area contributed by atoms with Crippen LogP contribution in [0.15, 0.2) is 73.5 Å². The predicted molar refractivity (Wildman–Crippen MR) is 117 cm³/mol. The van der Waals surface area contributed by atoms with Crippen molar-refractivity contribution in [3.05, 3.63) is 65.3 Å². The zero-order chi connectivity index (χ0) is 21.1. The minimum atomic E-state index is -0.504. The van der Waals surface area contributed by atoms with Gasteiger partial charge in [-0.2, -0.15) is 0 Å². The Morgan fingerprint density at radius 3 is 2.60 bits per heavy atom. The fourth-order valence-electron chi connectivity index (χ4n) is 2.86. The predicted octanol–water partition coefficient (Wildman–Crippen LogP) is 6.34. The van der Waals surface area contributed by atoms with Crippen LogP contribution in [-0.2, 0) is 4.79 Å². The first-order chi connectivity index (χ1) is 14.5. The van der Waals surface area contributed by atoms with E-state index >= 15 is 0 Å². The summed E-state index contributed by atoms with van der Waals surface area (Å²) in [6, 6.07) is 11.7. The van der Waals surface area contributed by atoms with Gasteiger partial charge >= 0.3 is 0 Å². The van der Waals surface area contributed by atoms with Gasteiger partial charge in [-0.15, -0.1) is 0 Å². The van der Waals surface area contributed by atoms with Crippen LogP contribution in [0.5, 0.6) is 0 Å². The van der Waals surface area contributed by atoms with Crippen molar-refractivity contribution in [2.45, 2.75) is 23.8 Å². The first kappa shape index (κ1) is 20.5. The Labute approximate surface area is 184 Å². The monoisotopic (exact) mass is 489 g/mol. The second-order valence-electron chi connectivity index (χ2n) is 6.35. The molecular weight excluding hydrogens is 473 g/mol. The average Bonchev–Trinajstić information content (AvgIpc) is 3.48. The van der Waals surface area contributed by atoms with Gasteiger partial charge in [0.15, 0.2) is 16.7 Å². The number of carbonyl (C=O) groups is 1. The molecule has 6 nitrogen and oxygen atoms in total. The van der Waals surface area contributed by atoms with E-state index in [9.17, 15) is 9.18 Å². The van der Waals surface area contributed by atoms with Gasteiger partial charge in [-0.1, -0.05) is 34.6 Å². The summed E-state index contributed by atoms with van der Waals surface area (Å²) in [6.45, 7) is 1.89. The van der Waals surface area contributed by atoms with E-state index in [1.54, 1.807) is 36.8 Å². The van der Waals surface area contributed by atoms with E-state index in [-0.39, 0.29) is 11.6 Å². The Hall–Kier alpha value is -2.78. The molecule has 1 atom stereocenters. The molecule has 0 saturated carbocycles. The number of hydrogen-bond donors (Lipinski definition) is 2. The number of benzene rings is 1. The number of nitrogens with one attached hydrogen (secondary N) is 2. The van der Waals surface area contributed by atoms with Crippen molar-refractivity contribution in [2.75, 3.05) is 5.32 Å². The Morgan fingerprint density at radius 1 is 1.23 bits per heavy atom. The second-order valence-corrected chi connectivity index (χ2v) is 8.46. The molecule has 0 spiro atoms. The third-order valence-corrected chi connectivity index (χ3v) is 6.05. The zero-order valence-corrected chi connectivity index (χ0v) is 18.2. The van der Waals surface area contributed by atoms with Gasteiger partial charge in [0.1, 0.15) is 17.2 Å². The van der Waals surface area contributed by atoms with Crippen molar-refractivity contribution >= 4 is 39.3 Å². The number of carbonyl (C=O) groups excluding carboxylic acids is 1. The third kappa shape index (κ3) is 4.36. The lowest BCUT2D eigenvalue weighted by Crippen LogP contribution is -2.25. The quantitative estimate of drug-likeness (QED) is 0.296. The van der Waals surface area contributed by atoms with Gasteiger partial charge in [0.25, 0.3) is 0 Å². The van der Waals surface area contributed by atoms with Crippen LogP contribution in [0, 0.1) is 5.82 Å². The molecular formula is C21H17BrFN3O3S. The first-order valence-corrected chi connectivity index (χ1v) is 10.8. The number of imidazole rings is 1. The highest BCUT2D eigenvalue weighted by Gasteiger charge is 2.24. The molecule has 0 aliphatic heterocycles. The van der Waals surface area contributed by atoms with Crippen molar-refractivity contribution in [3.8, 4) is 22.9 Å². The van der Waals surface area contributed by atoms with Gasteiger partial charge < -0.3 is 19.1 Å². The van der Waals surface area contributed by atoms with Crippen LogP contribution < -0.4 is 5.32 Å². The maximum atomic E-state index is 14.1. The molecule has 0 bridgehead atoms. The van der Waals surface area contributed by atoms with Gasteiger partial charge in [0, 0.05) is 4.47 Å². The molecule has 2 N–H and O–H groups in total. The maximum Gasteiger partial charge on any atom is 0.238 e. The molecule has 30 heavy (non-hydrogen) atoms. The molecule has 3 aromatic heterocycles. The summed E-state index contributed by atoms with van der Waals surface area (Å²) in [5.41, 5.74) is 1.38. The lowest BCUT2D eigenvalue weighted by molar-refractivity contribution is -0.115. The number of thioether (sulfide) groups is 1. The van der Waals surface area contributed by atoms with E-state index < -0.39 is 11.1 Å². The maximum absolute atomic E-state index is 14.1. The molecule has 4 aromatic rings. The minimum Gasteiger partial charge on any atom is -0.463 e. The second kappa shape index (κ2) is 8.93. The standard InChI is InChI=1S/C21H17BrFN3O3S/c1-2-17(20(27)24-14-8-7-12(22)11-13(14)23)30-21-25-18(15-5-3-9-28-15)19(26-21)16-6-4-10-29-16/h3-11,17H,2H2,1H3,(H,24,27)(H,25,26). The summed E-state index contributed by atoms with van der Waals surface area (Å²) < 4.78 is 25.7. The van der Waals surface area contributed by atoms with Crippen LogP contribution in [0.25, 0.3) is 22.9 Å². The first-order valence-electron chi connectivity index (χ1n) is 9.15. The third-order valence-electron chi connectivity index (χ3n) is 4.31.